The van der Waals surface area contributed by atoms with Gasteiger partial charge in [-0.3, -0.25) is 19.4 Å². The van der Waals surface area contributed by atoms with Crippen LogP contribution in [0.25, 0.3) is 0 Å². The van der Waals surface area contributed by atoms with Crippen molar-refractivity contribution in [3.8, 4) is 0 Å². The molecule has 0 spiro atoms. The molecule has 4 heterocycles. The van der Waals surface area contributed by atoms with Crippen LogP contribution in [0.5, 0.6) is 0 Å². The lowest BCUT2D eigenvalue weighted by Gasteiger charge is -2.46. The zero-order valence-corrected chi connectivity index (χ0v) is 22.5. The minimum absolute atomic E-state index is 0.0318. The number of aryl methyl sites for hydroxylation is 1. The van der Waals surface area contributed by atoms with Gasteiger partial charge in [0.25, 0.3) is 5.56 Å². The van der Waals surface area contributed by atoms with E-state index in [1.807, 2.05) is 11.1 Å². The van der Waals surface area contributed by atoms with Gasteiger partial charge in [-0.25, -0.2) is 0 Å². The Labute approximate surface area is 210 Å². The highest BCUT2D eigenvalue weighted by molar-refractivity contribution is 5.97. The fourth-order valence-corrected chi connectivity index (χ4v) is 5.91. The van der Waals surface area contributed by atoms with Crippen LogP contribution in [-0.4, -0.2) is 90.4 Å². The van der Waals surface area contributed by atoms with Crippen LogP contribution < -0.4 is 15.8 Å². The second-order valence-electron chi connectivity index (χ2n) is 11.6. The normalized spacial score (nSPS) is 29.4. The Morgan fingerprint density at radius 2 is 1.91 bits per heavy atom. The number of unbranched alkanes of at least 4 members (excludes halogenated alkanes) is 1. The number of carbonyl (C=O) groups excluding carboxylic acids is 1. The number of hydrogen-bond donors (Lipinski definition) is 1. The third-order valence-electron chi connectivity index (χ3n) is 8.07. The number of fused-ring (bicyclic) bond motifs is 1. The van der Waals surface area contributed by atoms with Crippen LogP contribution in [-0.2, 0) is 21.5 Å². The van der Waals surface area contributed by atoms with Gasteiger partial charge in [0.1, 0.15) is 0 Å². The van der Waals surface area contributed by atoms with Crippen molar-refractivity contribution in [2.45, 2.75) is 90.5 Å². The van der Waals surface area contributed by atoms with E-state index in [-0.39, 0.29) is 22.9 Å². The third-order valence-corrected chi connectivity index (χ3v) is 8.07. The van der Waals surface area contributed by atoms with Crippen molar-refractivity contribution < 1.29 is 9.53 Å². The Morgan fingerprint density at radius 1 is 1.20 bits per heavy atom. The number of carbonyl (C=O) groups is 1. The quantitative estimate of drug-likeness (QED) is 0.635. The number of piperazine rings is 1. The zero-order chi connectivity index (χ0) is 25.3. The molecule has 3 aliphatic rings. The molecule has 2 saturated heterocycles. The lowest BCUT2D eigenvalue weighted by molar-refractivity contribution is -0.121. The van der Waals surface area contributed by atoms with Crippen molar-refractivity contribution >= 4 is 11.6 Å². The maximum absolute atomic E-state index is 13.8. The fraction of sp³-hybridized carbons (Fsp3) is 0.778. The van der Waals surface area contributed by atoms with Crippen molar-refractivity contribution in [3.63, 3.8) is 0 Å². The average molecular weight is 488 g/mol. The Balaban J connectivity index is 1.53. The van der Waals surface area contributed by atoms with Crippen molar-refractivity contribution in [2.75, 3.05) is 50.8 Å². The van der Waals surface area contributed by atoms with E-state index in [9.17, 15) is 9.59 Å². The molecule has 4 atom stereocenters. The van der Waals surface area contributed by atoms with Crippen molar-refractivity contribution in [1.29, 1.82) is 0 Å². The number of nitrogens with zero attached hydrogens (tertiary/aromatic N) is 4. The summed E-state index contributed by atoms with van der Waals surface area (Å²) >= 11 is 0. The maximum Gasteiger partial charge on any atom is 0.250 e. The van der Waals surface area contributed by atoms with Crippen LogP contribution in [0.2, 0.25) is 0 Å². The Morgan fingerprint density at radius 3 is 2.60 bits per heavy atom. The van der Waals surface area contributed by atoms with Crippen LogP contribution in [0.15, 0.2) is 17.1 Å². The highest BCUT2D eigenvalue weighted by Gasteiger charge is 2.40. The van der Waals surface area contributed by atoms with Gasteiger partial charge in [-0.1, -0.05) is 27.2 Å². The predicted molar refractivity (Wildman–Crippen MR) is 140 cm³/mol. The first-order valence-corrected chi connectivity index (χ1v) is 13.5. The number of morpholine rings is 1. The summed E-state index contributed by atoms with van der Waals surface area (Å²) in [6.07, 6.45) is 3.91. The minimum atomic E-state index is -0.233. The number of ether oxygens (including phenoxy) is 1. The van der Waals surface area contributed by atoms with Crippen molar-refractivity contribution in [2.24, 2.45) is 0 Å². The molecule has 8 nitrogen and oxygen atoms in total. The maximum atomic E-state index is 13.8. The van der Waals surface area contributed by atoms with Crippen molar-refractivity contribution in [1.82, 2.24) is 19.7 Å². The number of rotatable bonds is 7. The topological polar surface area (TPSA) is 70.1 Å². The fourth-order valence-electron chi connectivity index (χ4n) is 5.91. The zero-order valence-electron chi connectivity index (χ0n) is 22.5. The molecule has 0 saturated carbocycles. The first kappa shape index (κ1) is 26.3. The third kappa shape index (κ3) is 5.66. The van der Waals surface area contributed by atoms with E-state index in [1.54, 1.807) is 10.6 Å². The van der Waals surface area contributed by atoms with E-state index < -0.39 is 0 Å². The molecule has 2 fully saturated rings. The molecule has 0 bridgehead atoms. The number of pyridine rings is 1. The Bertz CT molecular complexity index is 951. The van der Waals surface area contributed by atoms with Gasteiger partial charge in [0.05, 0.1) is 25.4 Å². The molecule has 196 valence electrons. The highest BCUT2D eigenvalue weighted by Crippen LogP contribution is 2.39. The van der Waals surface area contributed by atoms with Gasteiger partial charge in [0.15, 0.2) is 0 Å². The molecular weight excluding hydrogens is 442 g/mol. The summed E-state index contributed by atoms with van der Waals surface area (Å²) in [6.45, 7) is 18.9. The van der Waals surface area contributed by atoms with E-state index in [0.717, 1.165) is 56.9 Å². The molecule has 0 aromatic carbocycles. The molecule has 0 unspecified atom stereocenters. The Hall–Kier alpha value is -1.74. The summed E-state index contributed by atoms with van der Waals surface area (Å²) in [5.41, 5.74) is 1.70. The van der Waals surface area contributed by atoms with E-state index in [0.29, 0.717) is 37.8 Å². The average Bonchev–Trinajstić information content (AvgIpc) is 3.06. The van der Waals surface area contributed by atoms with E-state index in [2.05, 4.69) is 56.7 Å². The second kappa shape index (κ2) is 10.7. The van der Waals surface area contributed by atoms with Crippen LogP contribution in [0.1, 0.15) is 59.9 Å². The number of nitrogens with one attached hydrogen (secondary N) is 1. The monoisotopic (exact) mass is 487 g/mol. The summed E-state index contributed by atoms with van der Waals surface area (Å²) in [5, 5.41) is 3.62. The number of hydrogen-bond acceptors (Lipinski definition) is 6. The smallest absolute Gasteiger partial charge is 0.250 e. The molecule has 1 N–H and O–H groups in total. The van der Waals surface area contributed by atoms with Gasteiger partial charge in [-0.05, 0) is 32.8 Å². The second-order valence-corrected chi connectivity index (χ2v) is 11.6. The van der Waals surface area contributed by atoms with E-state index >= 15 is 0 Å². The predicted octanol–water partition coefficient (Wildman–Crippen LogP) is 2.04. The van der Waals surface area contributed by atoms with Gasteiger partial charge in [0, 0.05) is 74.6 Å². The largest absolute Gasteiger partial charge is 0.378 e. The molecule has 8 heteroatoms. The van der Waals surface area contributed by atoms with Gasteiger partial charge < -0.3 is 19.5 Å². The minimum Gasteiger partial charge on any atom is -0.378 e. The molecule has 1 amide bonds. The molecule has 3 aliphatic heterocycles. The standard InChI is InChI=1S/C27H45N5O3/c1-7-8-9-29-14-24-23(10-25(29)33)27(5,6)18-32(24)26(34)15-30-12-19(2)28-11-22(30)13-31-20(3)16-35-17-21(31)4/h10,14,19-22,28H,7-9,11-13,15-18H2,1-6H3/t19-,20-,21-,22-/m1/s1. The summed E-state index contributed by atoms with van der Waals surface area (Å²) in [5.74, 6) is 0.125. The van der Waals surface area contributed by atoms with Crippen molar-refractivity contribution in [3.05, 3.63) is 28.2 Å². The summed E-state index contributed by atoms with van der Waals surface area (Å²) in [4.78, 5) is 33.3. The van der Waals surface area contributed by atoms with E-state index in [1.165, 1.54) is 0 Å². The van der Waals surface area contributed by atoms with Gasteiger partial charge in [-0.2, -0.15) is 0 Å². The SMILES string of the molecule is CCCCn1cc2c(cc1=O)C(C)(C)CN2C(=O)CN1C[C@@H](C)NC[C@@H]1CN1[C@H](C)COC[C@H]1C. The first-order chi connectivity index (χ1) is 16.6. The lowest BCUT2D eigenvalue weighted by atomic mass is 9.87. The Kier molecular flexibility index (Phi) is 8.05. The van der Waals surface area contributed by atoms with Gasteiger partial charge in [-0.15, -0.1) is 0 Å². The molecule has 1 aromatic rings. The number of anilines is 1. The summed E-state index contributed by atoms with van der Waals surface area (Å²) in [6, 6.07) is 3.13. The molecule has 1 aromatic heterocycles. The van der Waals surface area contributed by atoms with Crippen LogP contribution >= 0.6 is 0 Å². The first-order valence-electron chi connectivity index (χ1n) is 13.5. The van der Waals surface area contributed by atoms with Crippen LogP contribution in [0.4, 0.5) is 5.69 Å². The highest BCUT2D eigenvalue weighted by atomic mass is 16.5. The molecule has 0 aliphatic carbocycles. The van der Waals surface area contributed by atoms with Gasteiger partial charge in [0.2, 0.25) is 5.91 Å². The summed E-state index contributed by atoms with van der Waals surface area (Å²) < 4.78 is 7.51. The molecule has 4 rings (SSSR count). The number of aromatic nitrogens is 1. The van der Waals surface area contributed by atoms with Gasteiger partial charge >= 0.3 is 0 Å². The summed E-state index contributed by atoms with van der Waals surface area (Å²) in [7, 11) is 0. The molecule has 0 radical (unpaired) electrons. The van der Waals surface area contributed by atoms with Crippen LogP contribution in [0, 0.1) is 0 Å². The lowest BCUT2D eigenvalue weighted by Crippen LogP contribution is -2.63. The number of amides is 1. The van der Waals surface area contributed by atoms with E-state index in [4.69, 9.17) is 4.74 Å². The molecular formula is C27H45N5O3. The van der Waals surface area contributed by atoms with Crippen LogP contribution in [0.3, 0.4) is 0 Å². The molecule has 35 heavy (non-hydrogen) atoms.